The third kappa shape index (κ3) is 3.26. The Morgan fingerprint density at radius 1 is 1.17 bits per heavy atom. The largest absolute Gasteiger partial charge is 0.457 e. The quantitative estimate of drug-likeness (QED) is 0.490. The average molecular weight is 387 g/mol. The Morgan fingerprint density at radius 2 is 1.96 bits per heavy atom. The average Bonchev–Trinajstić information content (AvgIpc) is 2.56. The van der Waals surface area contributed by atoms with Gasteiger partial charge in [0.05, 0.1) is 5.56 Å². The van der Waals surface area contributed by atoms with Gasteiger partial charge in [-0.15, -0.1) is 0 Å². The molecule has 0 fully saturated rings. The first kappa shape index (κ1) is 16.5. The van der Waals surface area contributed by atoms with Crippen LogP contribution in [0.25, 0.3) is 11.0 Å². The van der Waals surface area contributed by atoms with Crippen molar-refractivity contribution in [2.75, 3.05) is 0 Å². The van der Waals surface area contributed by atoms with Gasteiger partial charge >= 0.3 is 11.6 Å². The molecular formula is C19H15BrO4. The van der Waals surface area contributed by atoms with Crippen molar-refractivity contribution in [3.05, 3.63) is 79.6 Å². The van der Waals surface area contributed by atoms with Gasteiger partial charge in [-0.2, -0.15) is 0 Å². The van der Waals surface area contributed by atoms with Gasteiger partial charge in [-0.3, -0.25) is 0 Å². The molecule has 0 atom stereocenters. The number of carbonyl (C=O) groups is 1. The van der Waals surface area contributed by atoms with Crippen LogP contribution in [0.4, 0.5) is 0 Å². The molecule has 2 aromatic carbocycles. The Hall–Kier alpha value is -2.40. The molecule has 3 aromatic rings. The lowest BCUT2D eigenvalue weighted by atomic mass is 10.0. The van der Waals surface area contributed by atoms with Gasteiger partial charge in [-0.1, -0.05) is 34.1 Å². The highest BCUT2D eigenvalue weighted by atomic mass is 79.9. The van der Waals surface area contributed by atoms with E-state index in [0.717, 1.165) is 21.0 Å². The van der Waals surface area contributed by atoms with E-state index in [-0.39, 0.29) is 6.61 Å². The fourth-order valence-electron chi connectivity index (χ4n) is 2.49. The molecule has 0 aliphatic carbocycles. The normalized spacial score (nSPS) is 10.8. The molecule has 24 heavy (non-hydrogen) atoms. The number of halogens is 1. The van der Waals surface area contributed by atoms with E-state index < -0.39 is 11.6 Å². The minimum atomic E-state index is -0.454. The third-order valence-corrected chi connectivity index (χ3v) is 4.43. The lowest BCUT2D eigenvalue weighted by molar-refractivity contribution is 0.0473. The van der Waals surface area contributed by atoms with Gasteiger partial charge in [0.15, 0.2) is 0 Å². The first-order valence-corrected chi connectivity index (χ1v) is 8.20. The predicted octanol–water partition coefficient (Wildman–Crippen LogP) is 4.53. The zero-order valence-corrected chi connectivity index (χ0v) is 14.8. The van der Waals surface area contributed by atoms with E-state index in [4.69, 9.17) is 9.15 Å². The number of carbonyl (C=O) groups excluding carboxylic acids is 1. The minimum Gasteiger partial charge on any atom is -0.457 e. The predicted molar refractivity (Wildman–Crippen MR) is 95.2 cm³/mol. The second-order valence-electron chi connectivity index (χ2n) is 5.56. The number of fused-ring (bicyclic) bond motifs is 1. The summed E-state index contributed by atoms with van der Waals surface area (Å²) in [5.74, 6) is -0.443. The van der Waals surface area contributed by atoms with Crippen LogP contribution in [0.1, 0.15) is 27.0 Å². The lowest BCUT2D eigenvalue weighted by Gasteiger charge is -2.10. The maximum absolute atomic E-state index is 12.2. The van der Waals surface area contributed by atoms with E-state index in [1.54, 1.807) is 18.2 Å². The van der Waals surface area contributed by atoms with Gasteiger partial charge < -0.3 is 9.15 Å². The molecule has 0 aliphatic heterocycles. The highest BCUT2D eigenvalue weighted by Gasteiger charge is 2.12. The lowest BCUT2D eigenvalue weighted by Crippen LogP contribution is -2.08. The van der Waals surface area contributed by atoms with Crippen LogP contribution in [0.2, 0.25) is 0 Å². The number of aryl methyl sites for hydroxylation is 2. The van der Waals surface area contributed by atoms with Gasteiger partial charge in [-0.25, -0.2) is 9.59 Å². The Labute approximate surface area is 147 Å². The SMILES string of the molecule is Cc1ccc2c(COC(=O)c3cccc(Br)c3)cc(=O)oc2c1C. The summed E-state index contributed by atoms with van der Waals surface area (Å²) >= 11 is 3.32. The Balaban J connectivity index is 1.92. The first-order chi connectivity index (χ1) is 11.5. The monoisotopic (exact) mass is 386 g/mol. The summed E-state index contributed by atoms with van der Waals surface area (Å²) in [6.45, 7) is 3.86. The molecule has 3 rings (SSSR count). The first-order valence-electron chi connectivity index (χ1n) is 7.41. The van der Waals surface area contributed by atoms with Crippen LogP contribution < -0.4 is 5.63 Å². The summed E-state index contributed by atoms with van der Waals surface area (Å²) in [6.07, 6.45) is 0. The van der Waals surface area contributed by atoms with Crippen molar-refractivity contribution in [1.29, 1.82) is 0 Å². The van der Waals surface area contributed by atoms with Crippen molar-refractivity contribution in [2.45, 2.75) is 20.5 Å². The zero-order valence-electron chi connectivity index (χ0n) is 13.3. The Bertz CT molecular complexity index is 988. The smallest absolute Gasteiger partial charge is 0.338 e. The van der Waals surface area contributed by atoms with Gasteiger partial charge in [0.1, 0.15) is 12.2 Å². The number of esters is 1. The number of hydrogen-bond donors (Lipinski definition) is 0. The van der Waals surface area contributed by atoms with Gasteiger partial charge in [-0.05, 0) is 43.2 Å². The van der Waals surface area contributed by atoms with Crippen LogP contribution in [0, 0.1) is 13.8 Å². The molecule has 122 valence electrons. The highest BCUT2D eigenvalue weighted by Crippen LogP contribution is 2.24. The fraction of sp³-hybridized carbons (Fsp3) is 0.158. The van der Waals surface area contributed by atoms with Crippen molar-refractivity contribution in [2.24, 2.45) is 0 Å². The molecular weight excluding hydrogens is 372 g/mol. The third-order valence-electron chi connectivity index (χ3n) is 3.94. The van der Waals surface area contributed by atoms with Crippen molar-refractivity contribution >= 4 is 32.9 Å². The second kappa shape index (κ2) is 6.61. The maximum atomic E-state index is 12.2. The van der Waals surface area contributed by atoms with E-state index in [1.807, 2.05) is 32.0 Å². The molecule has 0 aliphatic rings. The molecule has 0 saturated carbocycles. The number of hydrogen-bond acceptors (Lipinski definition) is 4. The summed E-state index contributed by atoms with van der Waals surface area (Å²) in [5.41, 5.74) is 3.11. The summed E-state index contributed by atoms with van der Waals surface area (Å²) in [7, 11) is 0. The number of ether oxygens (including phenoxy) is 1. The van der Waals surface area contributed by atoms with E-state index in [9.17, 15) is 9.59 Å². The molecule has 1 heterocycles. The van der Waals surface area contributed by atoms with E-state index in [1.165, 1.54) is 6.07 Å². The van der Waals surface area contributed by atoms with Crippen LogP contribution in [-0.4, -0.2) is 5.97 Å². The molecule has 0 bridgehead atoms. The van der Waals surface area contributed by atoms with Crippen LogP contribution >= 0.6 is 15.9 Å². The van der Waals surface area contributed by atoms with E-state index >= 15 is 0 Å². The second-order valence-corrected chi connectivity index (χ2v) is 6.48. The number of rotatable bonds is 3. The fourth-order valence-corrected chi connectivity index (χ4v) is 2.89. The molecule has 0 saturated heterocycles. The Kier molecular flexibility index (Phi) is 4.53. The van der Waals surface area contributed by atoms with Crippen LogP contribution in [-0.2, 0) is 11.3 Å². The minimum absolute atomic E-state index is 0.00987. The molecule has 0 unspecified atom stereocenters. The Morgan fingerprint density at radius 3 is 2.71 bits per heavy atom. The number of benzene rings is 2. The van der Waals surface area contributed by atoms with E-state index in [2.05, 4.69) is 15.9 Å². The van der Waals surface area contributed by atoms with Crippen LogP contribution in [0.15, 0.2) is 56.1 Å². The van der Waals surface area contributed by atoms with Crippen LogP contribution in [0.3, 0.4) is 0 Å². The zero-order chi connectivity index (χ0) is 17.3. The van der Waals surface area contributed by atoms with Gasteiger partial charge in [0.2, 0.25) is 0 Å². The summed E-state index contributed by atoms with van der Waals surface area (Å²) in [5, 5.41) is 0.778. The summed E-state index contributed by atoms with van der Waals surface area (Å²) in [6, 6.07) is 12.2. The van der Waals surface area contributed by atoms with Crippen molar-refractivity contribution in [3.8, 4) is 0 Å². The summed E-state index contributed by atoms with van der Waals surface area (Å²) in [4.78, 5) is 24.0. The van der Waals surface area contributed by atoms with Crippen molar-refractivity contribution in [3.63, 3.8) is 0 Å². The highest BCUT2D eigenvalue weighted by molar-refractivity contribution is 9.10. The van der Waals surface area contributed by atoms with Gasteiger partial charge in [0.25, 0.3) is 0 Å². The molecule has 1 aromatic heterocycles. The van der Waals surface area contributed by atoms with Crippen molar-refractivity contribution in [1.82, 2.24) is 0 Å². The van der Waals surface area contributed by atoms with Crippen molar-refractivity contribution < 1.29 is 13.9 Å². The molecule has 0 spiro atoms. The van der Waals surface area contributed by atoms with Gasteiger partial charge in [0, 0.05) is 21.5 Å². The maximum Gasteiger partial charge on any atom is 0.338 e. The van der Waals surface area contributed by atoms with Crippen LogP contribution in [0.5, 0.6) is 0 Å². The molecule has 0 radical (unpaired) electrons. The molecule has 0 N–H and O–H groups in total. The standard InChI is InChI=1S/C19H15BrO4/c1-11-6-7-16-14(9-17(21)24-18(16)12(11)2)10-23-19(22)13-4-3-5-15(20)8-13/h3-9H,10H2,1-2H3. The van der Waals surface area contributed by atoms with E-state index in [0.29, 0.717) is 16.7 Å². The summed E-state index contributed by atoms with van der Waals surface area (Å²) < 4.78 is 11.5. The molecule has 4 nitrogen and oxygen atoms in total. The topological polar surface area (TPSA) is 56.5 Å². The molecule has 5 heteroatoms. The molecule has 0 amide bonds.